The first-order valence-electron chi connectivity index (χ1n) is 4.67. The zero-order valence-corrected chi connectivity index (χ0v) is 10.1. The molecule has 3 nitrogen and oxygen atoms in total. The highest BCUT2D eigenvalue weighted by Gasteiger charge is 2.20. The Labute approximate surface area is 89.8 Å². The molecule has 4 heteroatoms. The molecule has 1 aromatic heterocycles. The van der Waals surface area contributed by atoms with E-state index in [-0.39, 0.29) is 4.75 Å². The summed E-state index contributed by atoms with van der Waals surface area (Å²) in [6.45, 7) is 5.94. The molecule has 0 saturated heterocycles. The molecule has 1 heterocycles. The number of nitrogens with zero attached hydrogens (tertiary/aromatic N) is 2. The third-order valence-electron chi connectivity index (χ3n) is 2.36. The van der Waals surface area contributed by atoms with Crippen LogP contribution in [-0.4, -0.2) is 29.8 Å². The average molecular weight is 214 g/mol. The Hall–Kier alpha value is -0.480. The lowest BCUT2D eigenvalue weighted by molar-refractivity contribution is 0.183. The van der Waals surface area contributed by atoms with Gasteiger partial charge in [-0.05, 0) is 20.1 Å². The van der Waals surface area contributed by atoms with Crippen LogP contribution in [0.5, 0.6) is 0 Å². The lowest BCUT2D eigenvalue weighted by Crippen LogP contribution is -2.10. The fourth-order valence-electron chi connectivity index (χ4n) is 1.10. The molecular weight excluding hydrogens is 196 g/mol. The third kappa shape index (κ3) is 2.75. The van der Waals surface area contributed by atoms with Crippen LogP contribution in [0.2, 0.25) is 0 Å². The van der Waals surface area contributed by atoms with Gasteiger partial charge in [0.05, 0.1) is 19.3 Å². The molecule has 14 heavy (non-hydrogen) atoms. The predicted octanol–water partition coefficient (Wildman–Crippen LogP) is 2.13. The molecule has 0 aliphatic heterocycles. The van der Waals surface area contributed by atoms with Crippen molar-refractivity contribution in [3.63, 3.8) is 0 Å². The summed E-state index contributed by atoms with van der Waals surface area (Å²) < 4.78 is 7.07. The van der Waals surface area contributed by atoms with Crippen LogP contribution in [0, 0.1) is 0 Å². The van der Waals surface area contributed by atoms with Crippen LogP contribution in [0.4, 0.5) is 0 Å². The van der Waals surface area contributed by atoms with Crippen molar-refractivity contribution in [3.05, 3.63) is 18.0 Å². The molecule has 0 amide bonds. The minimum Gasteiger partial charge on any atom is -0.383 e. The topological polar surface area (TPSA) is 27.1 Å². The molecule has 0 atom stereocenters. The zero-order valence-electron chi connectivity index (χ0n) is 9.28. The Morgan fingerprint density at radius 3 is 2.86 bits per heavy atom. The summed E-state index contributed by atoms with van der Waals surface area (Å²) in [5, 5.41) is 4.29. The van der Waals surface area contributed by atoms with Crippen molar-refractivity contribution < 1.29 is 4.74 Å². The maximum atomic E-state index is 5.00. The number of methoxy groups -OCH3 is 1. The van der Waals surface area contributed by atoms with Crippen molar-refractivity contribution in [2.24, 2.45) is 0 Å². The number of hydrogen-bond donors (Lipinski definition) is 0. The Morgan fingerprint density at radius 1 is 1.57 bits per heavy atom. The lowest BCUT2D eigenvalue weighted by atomic mass is 10.1. The van der Waals surface area contributed by atoms with Crippen molar-refractivity contribution in [2.45, 2.75) is 25.1 Å². The van der Waals surface area contributed by atoms with Gasteiger partial charge in [0.1, 0.15) is 0 Å². The maximum Gasteiger partial charge on any atom is 0.0658 e. The molecule has 0 aliphatic rings. The fraction of sp³-hybridized carbons (Fsp3) is 0.700. The largest absolute Gasteiger partial charge is 0.383 e. The number of rotatable bonds is 5. The van der Waals surface area contributed by atoms with Crippen molar-refractivity contribution >= 4 is 11.8 Å². The standard InChI is InChI=1S/C10H18N2OS/c1-10(2,14-4)9-7-11-12(8-9)5-6-13-3/h7-8H,5-6H2,1-4H3. The van der Waals surface area contributed by atoms with Crippen molar-refractivity contribution in [2.75, 3.05) is 20.0 Å². The summed E-state index contributed by atoms with van der Waals surface area (Å²) in [5.41, 5.74) is 1.26. The quantitative estimate of drug-likeness (QED) is 0.751. The Bertz CT molecular complexity index is 283. The maximum absolute atomic E-state index is 5.00. The highest BCUT2D eigenvalue weighted by Crippen LogP contribution is 2.32. The van der Waals surface area contributed by atoms with Crippen LogP contribution in [0.3, 0.4) is 0 Å². The zero-order chi connectivity index (χ0) is 10.6. The van der Waals surface area contributed by atoms with E-state index in [1.54, 1.807) is 7.11 Å². The molecule has 1 aromatic rings. The van der Waals surface area contributed by atoms with Gasteiger partial charge in [0.2, 0.25) is 0 Å². The van der Waals surface area contributed by atoms with Gasteiger partial charge in [-0.25, -0.2) is 0 Å². The number of ether oxygens (including phenoxy) is 1. The molecule has 0 aromatic carbocycles. The monoisotopic (exact) mass is 214 g/mol. The summed E-state index contributed by atoms with van der Waals surface area (Å²) in [4.78, 5) is 0. The SMILES string of the molecule is COCCn1cc(C(C)(C)SC)cn1. The molecule has 0 radical (unpaired) electrons. The first-order valence-corrected chi connectivity index (χ1v) is 5.89. The van der Waals surface area contributed by atoms with Gasteiger partial charge in [0, 0.05) is 23.6 Å². The first kappa shape index (κ1) is 11.6. The van der Waals surface area contributed by atoms with E-state index in [1.165, 1.54) is 5.56 Å². The van der Waals surface area contributed by atoms with Crippen molar-refractivity contribution in [3.8, 4) is 0 Å². The van der Waals surface area contributed by atoms with E-state index in [0.29, 0.717) is 6.61 Å². The van der Waals surface area contributed by atoms with E-state index >= 15 is 0 Å². The summed E-state index contributed by atoms with van der Waals surface area (Å²) >= 11 is 1.83. The normalized spacial score (nSPS) is 12.0. The van der Waals surface area contributed by atoms with Crippen LogP contribution in [0.15, 0.2) is 12.4 Å². The minimum atomic E-state index is 0.144. The predicted molar refractivity (Wildman–Crippen MR) is 60.6 cm³/mol. The van der Waals surface area contributed by atoms with E-state index in [9.17, 15) is 0 Å². The van der Waals surface area contributed by atoms with E-state index in [0.717, 1.165) is 6.54 Å². The molecule has 0 unspecified atom stereocenters. The lowest BCUT2D eigenvalue weighted by Gasteiger charge is -2.19. The second-order valence-corrected chi connectivity index (χ2v) is 5.13. The molecule has 0 fully saturated rings. The van der Waals surface area contributed by atoms with Crippen LogP contribution in [0.25, 0.3) is 0 Å². The minimum absolute atomic E-state index is 0.144. The highest BCUT2D eigenvalue weighted by molar-refractivity contribution is 7.99. The summed E-state index contributed by atoms with van der Waals surface area (Å²) in [5.74, 6) is 0. The molecule has 0 aliphatic carbocycles. The molecule has 80 valence electrons. The van der Waals surface area contributed by atoms with Gasteiger partial charge in [-0.2, -0.15) is 16.9 Å². The van der Waals surface area contributed by atoms with Gasteiger partial charge in [0.15, 0.2) is 0 Å². The fourth-order valence-corrected chi connectivity index (χ4v) is 1.44. The first-order chi connectivity index (χ1) is 6.60. The van der Waals surface area contributed by atoms with Gasteiger partial charge in [-0.15, -0.1) is 0 Å². The van der Waals surface area contributed by atoms with Crippen LogP contribution in [0.1, 0.15) is 19.4 Å². The smallest absolute Gasteiger partial charge is 0.0658 e. The van der Waals surface area contributed by atoms with Gasteiger partial charge in [0.25, 0.3) is 0 Å². The third-order valence-corrected chi connectivity index (χ3v) is 3.62. The van der Waals surface area contributed by atoms with Crippen molar-refractivity contribution in [1.29, 1.82) is 0 Å². The second-order valence-electron chi connectivity index (χ2n) is 3.70. The van der Waals surface area contributed by atoms with E-state index in [1.807, 2.05) is 22.6 Å². The van der Waals surface area contributed by atoms with E-state index < -0.39 is 0 Å². The second kappa shape index (κ2) is 4.84. The van der Waals surface area contributed by atoms with Gasteiger partial charge < -0.3 is 4.74 Å². The van der Waals surface area contributed by atoms with Crippen LogP contribution in [-0.2, 0) is 16.0 Å². The van der Waals surface area contributed by atoms with E-state index in [2.05, 4.69) is 31.4 Å². The number of thioether (sulfide) groups is 1. The Kier molecular flexibility index (Phi) is 4.01. The average Bonchev–Trinajstić information content (AvgIpc) is 2.63. The van der Waals surface area contributed by atoms with Crippen molar-refractivity contribution in [1.82, 2.24) is 9.78 Å². The molecule has 1 rings (SSSR count). The molecule has 0 bridgehead atoms. The summed E-state index contributed by atoms with van der Waals surface area (Å²) in [7, 11) is 1.70. The van der Waals surface area contributed by atoms with Gasteiger partial charge >= 0.3 is 0 Å². The molecule has 0 spiro atoms. The Morgan fingerprint density at radius 2 is 2.29 bits per heavy atom. The van der Waals surface area contributed by atoms with Gasteiger partial charge in [-0.1, -0.05) is 0 Å². The number of hydrogen-bond acceptors (Lipinski definition) is 3. The molecular formula is C10H18N2OS. The molecule has 0 saturated carbocycles. The summed E-state index contributed by atoms with van der Waals surface area (Å²) in [6, 6.07) is 0. The number of aromatic nitrogens is 2. The summed E-state index contributed by atoms with van der Waals surface area (Å²) in [6.07, 6.45) is 6.15. The molecule has 0 N–H and O–H groups in total. The van der Waals surface area contributed by atoms with Crippen LogP contribution < -0.4 is 0 Å². The Balaban J connectivity index is 2.67. The van der Waals surface area contributed by atoms with E-state index in [4.69, 9.17) is 4.74 Å². The highest BCUT2D eigenvalue weighted by atomic mass is 32.2. The van der Waals surface area contributed by atoms with Crippen LogP contribution >= 0.6 is 11.8 Å². The van der Waals surface area contributed by atoms with Gasteiger partial charge in [-0.3, -0.25) is 4.68 Å².